The van der Waals surface area contributed by atoms with Crippen LogP contribution in [-0.2, 0) is 11.3 Å². The summed E-state index contributed by atoms with van der Waals surface area (Å²) in [6.45, 7) is 1.89. The molecule has 1 aromatic heterocycles. The molecule has 1 aliphatic rings. The van der Waals surface area contributed by atoms with E-state index in [-0.39, 0.29) is 0 Å². The number of hydrogen-bond acceptors (Lipinski definition) is 5. The van der Waals surface area contributed by atoms with Gasteiger partial charge < -0.3 is 4.74 Å². The molecule has 3 rings (SSSR count). The first-order chi connectivity index (χ1) is 8.92. The Morgan fingerprint density at radius 2 is 1.68 bits per heavy atom. The molecule has 0 N–H and O–H groups in total. The molecular formula is C12H12ClNO5. The lowest BCUT2D eigenvalue weighted by Gasteiger charge is -2.17. The van der Waals surface area contributed by atoms with Gasteiger partial charge in [0.15, 0.2) is 18.9 Å². The van der Waals surface area contributed by atoms with Gasteiger partial charge in [0.1, 0.15) is 6.10 Å². The van der Waals surface area contributed by atoms with Gasteiger partial charge >= 0.3 is 0 Å². The van der Waals surface area contributed by atoms with E-state index in [1.54, 1.807) is 0 Å². The second kappa shape index (κ2) is 5.79. The number of halogens is 1. The predicted octanol–water partition coefficient (Wildman–Crippen LogP) is -3.23. The maximum Gasteiger partial charge on any atom is 0.176 e. The van der Waals surface area contributed by atoms with Gasteiger partial charge in [-0.3, -0.25) is 0 Å². The van der Waals surface area contributed by atoms with Crippen molar-refractivity contribution < 1.29 is 38.2 Å². The maximum absolute atomic E-state index is 8.49. The van der Waals surface area contributed by atoms with Gasteiger partial charge in [-0.25, -0.2) is 23.2 Å². The van der Waals surface area contributed by atoms with E-state index in [1.807, 2.05) is 0 Å². The van der Waals surface area contributed by atoms with E-state index in [2.05, 4.69) is 47.3 Å². The number of fused-ring (bicyclic) bond motifs is 1. The molecule has 19 heavy (non-hydrogen) atoms. The molecule has 0 saturated carbocycles. The van der Waals surface area contributed by atoms with Crippen molar-refractivity contribution in [2.45, 2.75) is 12.6 Å². The summed E-state index contributed by atoms with van der Waals surface area (Å²) in [5.41, 5.74) is 0. The summed E-state index contributed by atoms with van der Waals surface area (Å²) in [7, 11) is -4.94. The summed E-state index contributed by atoms with van der Waals surface area (Å²) in [5.74, 6) is 0. The summed E-state index contributed by atoms with van der Waals surface area (Å²) in [5, 5.41) is 2.58. The highest BCUT2D eigenvalue weighted by molar-refractivity contribution is 5.80. The van der Waals surface area contributed by atoms with Crippen molar-refractivity contribution in [1.29, 1.82) is 0 Å². The van der Waals surface area contributed by atoms with Crippen LogP contribution in [0.5, 0.6) is 0 Å². The molecule has 1 saturated heterocycles. The fourth-order valence-corrected chi connectivity index (χ4v) is 1.70. The number of rotatable bonds is 2. The van der Waals surface area contributed by atoms with Crippen LogP contribution in [0.25, 0.3) is 10.8 Å². The summed E-state index contributed by atoms with van der Waals surface area (Å²) < 4.78 is 41.4. The van der Waals surface area contributed by atoms with Gasteiger partial charge in [0, 0.05) is 11.5 Å². The molecule has 0 aliphatic carbocycles. The van der Waals surface area contributed by atoms with E-state index in [9.17, 15) is 0 Å². The number of nitrogens with zero attached hydrogens (tertiary/aromatic N) is 1. The highest BCUT2D eigenvalue weighted by Crippen LogP contribution is 2.11. The fraction of sp³-hybridized carbons (Fsp3) is 0.250. The van der Waals surface area contributed by atoms with E-state index < -0.39 is 10.2 Å². The van der Waals surface area contributed by atoms with Gasteiger partial charge in [-0.1, -0.05) is 18.2 Å². The van der Waals surface area contributed by atoms with Gasteiger partial charge in [-0.2, -0.15) is 0 Å². The van der Waals surface area contributed by atoms with Crippen LogP contribution in [0.4, 0.5) is 0 Å². The Morgan fingerprint density at radius 1 is 1.11 bits per heavy atom. The van der Waals surface area contributed by atoms with E-state index in [0.29, 0.717) is 6.10 Å². The van der Waals surface area contributed by atoms with Crippen molar-refractivity contribution >= 4 is 10.8 Å². The van der Waals surface area contributed by atoms with Crippen LogP contribution in [0.15, 0.2) is 42.7 Å². The largest absolute Gasteiger partial charge is 0.366 e. The van der Waals surface area contributed by atoms with E-state index in [0.717, 1.165) is 13.2 Å². The molecule has 2 aromatic rings. The van der Waals surface area contributed by atoms with Crippen molar-refractivity contribution in [1.82, 2.24) is 0 Å². The minimum Gasteiger partial charge on any atom is -0.366 e. The van der Waals surface area contributed by atoms with Crippen LogP contribution in [0.3, 0.4) is 0 Å². The Labute approximate surface area is 111 Å². The predicted molar refractivity (Wildman–Crippen MR) is 53.9 cm³/mol. The highest BCUT2D eigenvalue weighted by Gasteiger charge is 2.26. The monoisotopic (exact) mass is 285 g/mol. The van der Waals surface area contributed by atoms with Crippen LogP contribution in [-0.4, -0.2) is 12.7 Å². The number of pyridine rings is 1. The topological polar surface area (TPSA) is 109 Å². The summed E-state index contributed by atoms with van der Waals surface area (Å²) in [6, 6.07) is 10.6. The SMILES string of the molecule is [O-][Cl+3]([O-])([O-])[O-].c1ccc2c[n+](CC3CO3)ccc2c1. The molecule has 2 heterocycles. The first-order valence-corrected chi connectivity index (χ1v) is 6.76. The molecule has 102 valence electrons. The second-order valence-electron chi connectivity index (χ2n) is 4.10. The quantitative estimate of drug-likeness (QED) is 0.426. The van der Waals surface area contributed by atoms with Crippen molar-refractivity contribution in [3.8, 4) is 0 Å². The van der Waals surface area contributed by atoms with Gasteiger partial charge in [0.05, 0.1) is 6.61 Å². The highest BCUT2D eigenvalue weighted by atomic mass is 35.7. The average Bonchev–Trinajstić information content (AvgIpc) is 3.11. The Bertz CT molecular complexity index is 547. The summed E-state index contributed by atoms with van der Waals surface area (Å²) in [6.07, 6.45) is 4.74. The number of aromatic nitrogens is 1. The second-order valence-corrected chi connectivity index (χ2v) is 4.86. The third-order valence-corrected chi connectivity index (χ3v) is 2.56. The molecule has 0 amide bonds. The Hall–Kier alpha value is -1.28. The Morgan fingerprint density at radius 3 is 2.26 bits per heavy atom. The molecule has 0 radical (unpaired) electrons. The van der Waals surface area contributed by atoms with Crippen molar-refractivity contribution in [2.24, 2.45) is 0 Å². The molecule has 1 atom stereocenters. The smallest absolute Gasteiger partial charge is 0.176 e. The normalized spacial score (nSPS) is 17.8. The number of benzene rings is 1. The first-order valence-electron chi connectivity index (χ1n) is 5.53. The molecule has 7 heteroatoms. The standard InChI is InChI=1S/C12H12NO.ClHO4/c1-2-4-11-7-13(8-12-9-14-12)6-5-10(11)3-1;2-1(3,4)5/h1-7,12H,8-9H2;(H,2,3,4,5)/q+1;/p-1. The summed E-state index contributed by atoms with van der Waals surface area (Å²) >= 11 is 0. The lowest BCUT2D eigenvalue weighted by Crippen LogP contribution is -2.68. The van der Waals surface area contributed by atoms with Crippen LogP contribution in [0, 0.1) is 10.2 Å². The molecule has 0 bridgehead atoms. The van der Waals surface area contributed by atoms with E-state index >= 15 is 0 Å². The first kappa shape index (κ1) is 14.1. The minimum atomic E-state index is -4.94. The molecular weight excluding hydrogens is 274 g/mol. The lowest BCUT2D eigenvalue weighted by atomic mass is 10.2. The zero-order valence-electron chi connectivity index (χ0n) is 9.90. The van der Waals surface area contributed by atoms with Crippen LogP contribution < -0.4 is 23.2 Å². The summed E-state index contributed by atoms with van der Waals surface area (Å²) in [4.78, 5) is 0. The van der Waals surface area contributed by atoms with Crippen LogP contribution >= 0.6 is 0 Å². The molecule has 6 nitrogen and oxygen atoms in total. The average molecular weight is 286 g/mol. The molecule has 1 aliphatic heterocycles. The number of epoxide rings is 1. The maximum atomic E-state index is 8.49. The lowest BCUT2D eigenvalue weighted by molar-refractivity contribution is -2.00. The molecule has 1 unspecified atom stereocenters. The van der Waals surface area contributed by atoms with Gasteiger partial charge in [0.2, 0.25) is 0 Å². The van der Waals surface area contributed by atoms with Crippen LogP contribution in [0.2, 0.25) is 0 Å². The van der Waals surface area contributed by atoms with Crippen molar-refractivity contribution in [2.75, 3.05) is 6.61 Å². The van der Waals surface area contributed by atoms with Gasteiger partial charge in [-0.15, -0.1) is 10.2 Å². The minimum absolute atomic E-state index is 0.446. The van der Waals surface area contributed by atoms with E-state index in [1.165, 1.54) is 10.8 Å². The molecule has 0 spiro atoms. The Kier molecular flexibility index (Phi) is 4.31. The number of ether oxygens (including phenoxy) is 1. The Balaban J connectivity index is 0.000000232. The van der Waals surface area contributed by atoms with Gasteiger partial charge in [0.25, 0.3) is 0 Å². The third kappa shape index (κ3) is 5.48. The number of hydrogen-bond donors (Lipinski definition) is 0. The zero-order chi connectivity index (χ0) is 13.9. The van der Waals surface area contributed by atoms with Crippen molar-refractivity contribution in [3.63, 3.8) is 0 Å². The zero-order valence-corrected chi connectivity index (χ0v) is 10.7. The molecule has 1 aromatic carbocycles. The van der Waals surface area contributed by atoms with E-state index in [4.69, 9.17) is 23.4 Å². The fourth-order valence-electron chi connectivity index (χ4n) is 1.70. The third-order valence-electron chi connectivity index (χ3n) is 2.56. The molecule has 1 fully saturated rings. The van der Waals surface area contributed by atoms with Gasteiger partial charge in [-0.05, 0) is 11.5 Å². The van der Waals surface area contributed by atoms with Crippen molar-refractivity contribution in [3.05, 3.63) is 42.7 Å². The van der Waals surface area contributed by atoms with Crippen LogP contribution in [0.1, 0.15) is 0 Å².